The number of aryl methyl sites for hydroxylation is 1. The van der Waals surface area contributed by atoms with Crippen LogP contribution < -0.4 is 5.73 Å². The van der Waals surface area contributed by atoms with E-state index in [9.17, 15) is 0 Å². The first-order valence-electron chi connectivity index (χ1n) is 4.67. The Kier molecular flexibility index (Phi) is 2.68. The van der Waals surface area contributed by atoms with E-state index in [1.807, 2.05) is 24.5 Å². The molecule has 2 N–H and O–H groups in total. The number of anilines is 1. The molecule has 2 rings (SSSR count). The summed E-state index contributed by atoms with van der Waals surface area (Å²) in [6.07, 6.45) is 1.99. The number of nitrogens with zero attached hydrogens (tertiary/aromatic N) is 2. The van der Waals surface area contributed by atoms with Crippen LogP contribution in [0, 0.1) is 6.92 Å². The summed E-state index contributed by atoms with van der Waals surface area (Å²) in [4.78, 5) is 0. The molecule has 0 atom stereocenters. The van der Waals surface area contributed by atoms with Crippen LogP contribution in [-0.4, -0.2) is 16.0 Å². The van der Waals surface area contributed by atoms with Crippen molar-refractivity contribution in [2.75, 3.05) is 12.0 Å². The second kappa shape index (κ2) is 3.98. The molecule has 0 aliphatic carbocycles. The highest BCUT2D eigenvalue weighted by Crippen LogP contribution is 2.20. The summed E-state index contributed by atoms with van der Waals surface area (Å²) in [5.74, 6) is 0.670. The van der Waals surface area contributed by atoms with Crippen LogP contribution >= 0.6 is 11.8 Å². The lowest BCUT2D eigenvalue weighted by molar-refractivity contribution is 0.846. The van der Waals surface area contributed by atoms with E-state index in [-0.39, 0.29) is 0 Å². The standard InChI is InChI=1S/C11H13N3S/c1-8-3-5-9(6-4-8)14-10(12)7-11(13-14)15-2/h3-7H,12H2,1-2H3. The fourth-order valence-corrected chi connectivity index (χ4v) is 1.77. The van der Waals surface area contributed by atoms with Gasteiger partial charge in [0.25, 0.3) is 0 Å². The van der Waals surface area contributed by atoms with Crippen molar-refractivity contribution >= 4 is 17.6 Å². The number of nitrogen functional groups attached to an aromatic ring is 1. The van der Waals surface area contributed by atoms with Gasteiger partial charge in [0, 0.05) is 6.07 Å². The first kappa shape index (κ1) is 10.1. The lowest BCUT2D eigenvalue weighted by atomic mass is 10.2. The molecule has 0 unspecified atom stereocenters. The lowest BCUT2D eigenvalue weighted by Crippen LogP contribution is -2.01. The Balaban J connectivity index is 2.44. The Labute approximate surface area is 93.3 Å². The minimum absolute atomic E-state index is 0.670. The molecule has 0 bridgehead atoms. The molecular formula is C11H13N3S. The Hall–Kier alpha value is -1.42. The molecule has 0 aliphatic heterocycles. The van der Waals surface area contributed by atoms with Gasteiger partial charge in [-0.3, -0.25) is 0 Å². The van der Waals surface area contributed by atoms with E-state index in [2.05, 4.69) is 24.2 Å². The number of rotatable bonds is 2. The van der Waals surface area contributed by atoms with Crippen LogP contribution in [-0.2, 0) is 0 Å². The zero-order valence-corrected chi connectivity index (χ0v) is 9.58. The second-order valence-electron chi connectivity index (χ2n) is 3.36. The first-order chi connectivity index (χ1) is 7.20. The third-order valence-electron chi connectivity index (χ3n) is 2.20. The molecule has 3 nitrogen and oxygen atoms in total. The highest BCUT2D eigenvalue weighted by Gasteiger charge is 2.05. The molecular weight excluding hydrogens is 206 g/mol. The van der Waals surface area contributed by atoms with E-state index in [4.69, 9.17) is 5.73 Å². The molecule has 0 amide bonds. The van der Waals surface area contributed by atoms with Crippen LogP contribution in [0.2, 0.25) is 0 Å². The Morgan fingerprint density at radius 1 is 1.27 bits per heavy atom. The van der Waals surface area contributed by atoms with E-state index < -0.39 is 0 Å². The number of aromatic nitrogens is 2. The van der Waals surface area contributed by atoms with E-state index >= 15 is 0 Å². The van der Waals surface area contributed by atoms with Gasteiger partial charge < -0.3 is 5.73 Å². The van der Waals surface area contributed by atoms with Gasteiger partial charge in [0.2, 0.25) is 0 Å². The Bertz CT molecular complexity index is 459. The molecule has 1 heterocycles. The summed E-state index contributed by atoms with van der Waals surface area (Å²) < 4.78 is 1.76. The normalized spacial score (nSPS) is 10.5. The topological polar surface area (TPSA) is 43.8 Å². The fourth-order valence-electron chi connectivity index (χ4n) is 1.37. The zero-order chi connectivity index (χ0) is 10.8. The van der Waals surface area contributed by atoms with Crippen LogP contribution in [0.3, 0.4) is 0 Å². The van der Waals surface area contributed by atoms with E-state index in [1.165, 1.54) is 5.56 Å². The van der Waals surface area contributed by atoms with Gasteiger partial charge in [-0.25, -0.2) is 4.68 Å². The molecule has 1 aromatic heterocycles. The largest absolute Gasteiger partial charge is 0.384 e. The predicted octanol–water partition coefficient (Wildman–Crippen LogP) is 2.48. The molecule has 0 radical (unpaired) electrons. The molecule has 0 spiro atoms. The third-order valence-corrected chi connectivity index (χ3v) is 2.82. The van der Waals surface area contributed by atoms with E-state index in [0.717, 1.165) is 10.7 Å². The number of benzene rings is 1. The van der Waals surface area contributed by atoms with E-state index in [1.54, 1.807) is 16.4 Å². The van der Waals surface area contributed by atoms with Gasteiger partial charge >= 0.3 is 0 Å². The van der Waals surface area contributed by atoms with Crippen molar-refractivity contribution in [3.05, 3.63) is 35.9 Å². The van der Waals surface area contributed by atoms with Gasteiger partial charge in [-0.15, -0.1) is 11.8 Å². The summed E-state index contributed by atoms with van der Waals surface area (Å²) >= 11 is 1.59. The third kappa shape index (κ3) is 1.99. The number of hydrogen-bond acceptors (Lipinski definition) is 3. The molecule has 15 heavy (non-hydrogen) atoms. The fraction of sp³-hybridized carbons (Fsp3) is 0.182. The minimum atomic E-state index is 0.670. The molecule has 0 aliphatic rings. The molecule has 78 valence electrons. The van der Waals surface area contributed by atoms with Gasteiger partial charge in [0.05, 0.1) is 5.69 Å². The predicted molar refractivity (Wildman–Crippen MR) is 64.5 cm³/mol. The quantitative estimate of drug-likeness (QED) is 0.789. The Morgan fingerprint density at radius 2 is 1.93 bits per heavy atom. The summed E-state index contributed by atoms with van der Waals surface area (Å²) in [6.45, 7) is 2.06. The number of nitrogens with two attached hydrogens (primary N) is 1. The molecule has 0 saturated carbocycles. The highest BCUT2D eigenvalue weighted by atomic mass is 32.2. The maximum absolute atomic E-state index is 5.87. The first-order valence-corrected chi connectivity index (χ1v) is 5.90. The van der Waals surface area contributed by atoms with Crippen molar-refractivity contribution in [2.45, 2.75) is 11.9 Å². The molecule has 1 aromatic carbocycles. The van der Waals surface area contributed by atoms with Gasteiger partial charge in [-0.1, -0.05) is 17.7 Å². The summed E-state index contributed by atoms with van der Waals surface area (Å²) in [7, 11) is 0. The van der Waals surface area contributed by atoms with Crippen LogP contribution in [0.4, 0.5) is 5.82 Å². The van der Waals surface area contributed by atoms with Crippen molar-refractivity contribution in [3.63, 3.8) is 0 Å². The molecule has 0 fully saturated rings. The van der Waals surface area contributed by atoms with Crippen LogP contribution in [0.25, 0.3) is 5.69 Å². The Morgan fingerprint density at radius 3 is 2.47 bits per heavy atom. The van der Waals surface area contributed by atoms with Gasteiger partial charge in [-0.05, 0) is 25.3 Å². The van der Waals surface area contributed by atoms with Crippen molar-refractivity contribution in [2.24, 2.45) is 0 Å². The molecule has 2 aromatic rings. The van der Waals surface area contributed by atoms with Crippen molar-refractivity contribution in [1.29, 1.82) is 0 Å². The van der Waals surface area contributed by atoms with Gasteiger partial charge in [0.15, 0.2) is 0 Å². The SMILES string of the molecule is CSc1cc(N)n(-c2ccc(C)cc2)n1. The second-order valence-corrected chi connectivity index (χ2v) is 4.19. The maximum atomic E-state index is 5.87. The maximum Gasteiger partial charge on any atom is 0.128 e. The minimum Gasteiger partial charge on any atom is -0.384 e. The van der Waals surface area contributed by atoms with Gasteiger partial charge in [-0.2, -0.15) is 5.10 Å². The van der Waals surface area contributed by atoms with Crippen molar-refractivity contribution in [1.82, 2.24) is 9.78 Å². The van der Waals surface area contributed by atoms with Crippen LogP contribution in [0.15, 0.2) is 35.4 Å². The molecule has 4 heteroatoms. The van der Waals surface area contributed by atoms with Crippen molar-refractivity contribution < 1.29 is 0 Å². The number of thioether (sulfide) groups is 1. The highest BCUT2D eigenvalue weighted by molar-refractivity contribution is 7.98. The van der Waals surface area contributed by atoms with E-state index in [0.29, 0.717) is 5.82 Å². The van der Waals surface area contributed by atoms with Crippen LogP contribution in [0.1, 0.15) is 5.56 Å². The van der Waals surface area contributed by atoms with Gasteiger partial charge in [0.1, 0.15) is 10.8 Å². The smallest absolute Gasteiger partial charge is 0.128 e. The number of hydrogen-bond donors (Lipinski definition) is 1. The molecule has 0 saturated heterocycles. The van der Waals surface area contributed by atoms with Crippen molar-refractivity contribution in [3.8, 4) is 5.69 Å². The monoisotopic (exact) mass is 219 g/mol. The average Bonchev–Trinajstić information content (AvgIpc) is 2.61. The summed E-state index contributed by atoms with van der Waals surface area (Å²) in [5.41, 5.74) is 8.10. The lowest BCUT2D eigenvalue weighted by Gasteiger charge is -2.03. The zero-order valence-electron chi connectivity index (χ0n) is 8.77. The summed E-state index contributed by atoms with van der Waals surface area (Å²) in [6, 6.07) is 10.0. The summed E-state index contributed by atoms with van der Waals surface area (Å²) in [5, 5.41) is 5.32. The van der Waals surface area contributed by atoms with Crippen LogP contribution in [0.5, 0.6) is 0 Å². The average molecular weight is 219 g/mol.